The Morgan fingerprint density at radius 1 is 1.39 bits per heavy atom. The van der Waals surface area contributed by atoms with Crippen molar-refractivity contribution in [1.29, 1.82) is 0 Å². The predicted molar refractivity (Wildman–Crippen MR) is 79.5 cm³/mol. The zero-order valence-corrected chi connectivity index (χ0v) is 12.5. The fourth-order valence-electron chi connectivity index (χ4n) is 4.47. The third-order valence-electron chi connectivity index (χ3n) is 5.46. The summed E-state index contributed by atoms with van der Waals surface area (Å²) in [7, 11) is 0. The zero-order valence-electron chi connectivity index (χ0n) is 12.5. The highest BCUT2D eigenvalue weighted by atomic mass is 16.6. The average molecular weight is 316 g/mol. The minimum Gasteiger partial charge on any atom is -0.462 e. The van der Waals surface area contributed by atoms with Gasteiger partial charge < -0.3 is 10.1 Å². The van der Waals surface area contributed by atoms with Crippen LogP contribution >= 0.6 is 0 Å². The number of carbonyl (C=O) groups excluding carboxylic acids is 2. The molecule has 1 aromatic rings. The molecule has 7 nitrogen and oxygen atoms in total. The fraction of sp³-hybridized carbons (Fsp3) is 0.500. The summed E-state index contributed by atoms with van der Waals surface area (Å²) in [6, 6.07) is 4.60. The smallest absolute Gasteiger partial charge is 0.310 e. The summed E-state index contributed by atoms with van der Waals surface area (Å²) in [6.45, 7) is 1.65. The van der Waals surface area contributed by atoms with E-state index in [2.05, 4.69) is 5.32 Å². The van der Waals surface area contributed by atoms with Crippen molar-refractivity contribution in [3.63, 3.8) is 0 Å². The molecule has 0 unspecified atom stereocenters. The first-order chi connectivity index (χ1) is 11.0. The van der Waals surface area contributed by atoms with E-state index in [1.165, 1.54) is 6.07 Å². The first-order valence-electron chi connectivity index (χ1n) is 7.72. The van der Waals surface area contributed by atoms with Crippen molar-refractivity contribution < 1.29 is 19.2 Å². The Bertz CT molecular complexity index is 729. The highest BCUT2D eigenvalue weighted by Gasteiger charge is 2.63. The number of fused-ring (bicyclic) bond motifs is 1. The minimum absolute atomic E-state index is 0.0120. The van der Waals surface area contributed by atoms with E-state index in [4.69, 9.17) is 4.74 Å². The molecule has 1 aliphatic heterocycles. The Morgan fingerprint density at radius 2 is 2.17 bits per heavy atom. The normalized spacial score (nSPS) is 33.6. The number of nitro groups is 1. The largest absolute Gasteiger partial charge is 0.462 e. The van der Waals surface area contributed by atoms with E-state index in [9.17, 15) is 19.7 Å². The van der Waals surface area contributed by atoms with Gasteiger partial charge in [-0.2, -0.15) is 0 Å². The van der Waals surface area contributed by atoms with E-state index in [1.807, 2.05) is 0 Å². The van der Waals surface area contributed by atoms with E-state index in [-0.39, 0.29) is 47.3 Å². The molecule has 5 atom stereocenters. The summed E-state index contributed by atoms with van der Waals surface area (Å²) in [4.78, 5) is 35.1. The maximum Gasteiger partial charge on any atom is 0.310 e. The number of aryl methyl sites for hydroxylation is 1. The number of ether oxygens (including phenoxy) is 1. The first kappa shape index (κ1) is 14.2. The van der Waals surface area contributed by atoms with Gasteiger partial charge in [-0.1, -0.05) is 6.07 Å². The summed E-state index contributed by atoms with van der Waals surface area (Å²) in [5.74, 6) is -0.906. The summed E-state index contributed by atoms with van der Waals surface area (Å²) < 4.78 is 5.33. The minimum atomic E-state index is -0.471. The van der Waals surface area contributed by atoms with E-state index in [0.29, 0.717) is 11.3 Å². The molecule has 23 heavy (non-hydrogen) atoms. The van der Waals surface area contributed by atoms with Crippen molar-refractivity contribution in [2.75, 3.05) is 5.32 Å². The van der Waals surface area contributed by atoms with Crippen LogP contribution in [0.2, 0.25) is 0 Å². The van der Waals surface area contributed by atoms with Crippen LogP contribution in [0, 0.1) is 40.7 Å². The third-order valence-corrected chi connectivity index (χ3v) is 5.46. The molecule has 1 aromatic carbocycles. The molecule has 4 rings (SSSR count). The molecule has 2 saturated carbocycles. The monoisotopic (exact) mass is 316 g/mol. The van der Waals surface area contributed by atoms with Gasteiger partial charge in [0.25, 0.3) is 5.69 Å². The molecule has 0 spiro atoms. The van der Waals surface area contributed by atoms with Crippen molar-refractivity contribution in [1.82, 2.24) is 0 Å². The summed E-state index contributed by atoms with van der Waals surface area (Å²) in [5, 5.41) is 13.7. The van der Waals surface area contributed by atoms with Crippen LogP contribution in [0.5, 0.6) is 0 Å². The molecule has 2 bridgehead atoms. The Kier molecular flexibility index (Phi) is 2.94. The fourth-order valence-corrected chi connectivity index (χ4v) is 4.47. The number of hydrogen-bond acceptors (Lipinski definition) is 5. The molecule has 0 aromatic heterocycles. The maximum atomic E-state index is 12.6. The SMILES string of the molecule is Cc1ccc(NC(=O)[C@@H]2[C@@H]3C[C@H]4[C@H]2C(=O)O[C@@H]4C3)cc1[N+](=O)[O-]. The Labute approximate surface area is 132 Å². The molecular formula is C16H16N2O5. The number of nitrogens with one attached hydrogen (secondary N) is 1. The average Bonchev–Trinajstić information content (AvgIpc) is 3.10. The van der Waals surface area contributed by atoms with Crippen LogP contribution in [-0.2, 0) is 14.3 Å². The van der Waals surface area contributed by atoms with E-state index < -0.39 is 4.92 Å². The number of hydrogen-bond donors (Lipinski definition) is 1. The van der Waals surface area contributed by atoms with Crippen LogP contribution in [-0.4, -0.2) is 22.9 Å². The molecule has 120 valence electrons. The van der Waals surface area contributed by atoms with E-state index in [1.54, 1.807) is 19.1 Å². The summed E-state index contributed by atoms with van der Waals surface area (Å²) in [6.07, 6.45) is 1.59. The van der Waals surface area contributed by atoms with Crippen molar-refractivity contribution in [3.8, 4) is 0 Å². The highest BCUT2D eigenvalue weighted by molar-refractivity contribution is 5.97. The van der Waals surface area contributed by atoms with Crippen molar-refractivity contribution >= 4 is 23.3 Å². The number of esters is 1. The van der Waals surface area contributed by atoms with Gasteiger partial charge in [0.15, 0.2) is 0 Å². The second-order valence-electron chi connectivity index (χ2n) is 6.67. The van der Waals surface area contributed by atoms with Crippen LogP contribution in [0.4, 0.5) is 11.4 Å². The molecule has 1 heterocycles. The number of benzene rings is 1. The quantitative estimate of drug-likeness (QED) is 0.522. The molecule has 7 heteroatoms. The third kappa shape index (κ3) is 2.03. The van der Waals surface area contributed by atoms with Gasteiger partial charge in [-0.05, 0) is 31.7 Å². The molecule has 3 fully saturated rings. The van der Waals surface area contributed by atoms with Crippen LogP contribution < -0.4 is 5.32 Å². The van der Waals surface area contributed by atoms with E-state index in [0.717, 1.165) is 12.8 Å². The summed E-state index contributed by atoms with van der Waals surface area (Å²) in [5.41, 5.74) is 0.893. The van der Waals surface area contributed by atoms with Gasteiger partial charge >= 0.3 is 5.97 Å². The Balaban J connectivity index is 1.56. The topological polar surface area (TPSA) is 98.5 Å². The number of anilines is 1. The molecule has 3 aliphatic rings. The number of amides is 1. The molecule has 2 aliphatic carbocycles. The van der Waals surface area contributed by atoms with Gasteiger partial charge in [-0.15, -0.1) is 0 Å². The number of nitrogens with zero attached hydrogens (tertiary/aromatic N) is 1. The lowest BCUT2D eigenvalue weighted by Crippen LogP contribution is -2.35. The molecule has 1 saturated heterocycles. The molecular weight excluding hydrogens is 300 g/mol. The lowest BCUT2D eigenvalue weighted by Gasteiger charge is -2.23. The Hall–Kier alpha value is -2.44. The number of carbonyl (C=O) groups is 2. The van der Waals surface area contributed by atoms with Gasteiger partial charge in [-0.3, -0.25) is 19.7 Å². The second-order valence-corrected chi connectivity index (χ2v) is 6.67. The lowest BCUT2D eigenvalue weighted by molar-refractivity contribution is -0.385. The number of rotatable bonds is 3. The van der Waals surface area contributed by atoms with Crippen LogP contribution in [0.3, 0.4) is 0 Å². The lowest BCUT2D eigenvalue weighted by atomic mass is 9.79. The van der Waals surface area contributed by atoms with Gasteiger partial charge in [0.05, 0.1) is 16.8 Å². The van der Waals surface area contributed by atoms with Crippen molar-refractivity contribution in [2.45, 2.75) is 25.9 Å². The van der Waals surface area contributed by atoms with Crippen LogP contribution in [0.15, 0.2) is 18.2 Å². The Morgan fingerprint density at radius 3 is 2.91 bits per heavy atom. The second kappa shape index (κ2) is 4.78. The highest BCUT2D eigenvalue weighted by Crippen LogP contribution is 2.57. The molecule has 0 radical (unpaired) electrons. The van der Waals surface area contributed by atoms with Gasteiger partial charge in [-0.25, -0.2) is 0 Å². The molecule has 1 amide bonds. The maximum absolute atomic E-state index is 12.6. The number of nitro benzene ring substituents is 1. The molecule has 1 N–H and O–H groups in total. The van der Waals surface area contributed by atoms with Crippen molar-refractivity contribution in [3.05, 3.63) is 33.9 Å². The first-order valence-corrected chi connectivity index (χ1v) is 7.72. The van der Waals surface area contributed by atoms with Gasteiger partial charge in [0.1, 0.15) is 6.10 Å². The van der Waals surface area contributed by atoms with Gasteiger partial charge in [0, 0.05) is 23.2 Å². The summed E-state index contributed by atoms with van der Waals surface area (Å²) >= 11 is 0. The predicted octanol–water partition coefficient (Wildman–Crippen LogP) is 2.04. The van der Waals surface area contributed by atoms with Crippen LogP contribution in [0.1, 0.15) is 18.4 Å². The van der Waals surface area contributed by atoms with E-state index >= 15 is 0 Å². The standard InChI is InChI=1S/C16H16N2O5/c1-7-2-3-9(6-11(7)18(21)22)17-15(19)13-8-4-10-12(5-8)23-16(20)14(10)13/h2-3,6,8,10,12-14H,4-5H2,1H3,(H,17,19)/t8-,10-,12-,13-,14-/m1/s1. The van der Waals surface area contributed by atoms with Gasteiger partial charge in [0.2, 0.25) is 5.91 Å². The van der Waals surface area contributed by atoms with Crippen LogP contribution in [0.25, 0.3) is 0 Å². The van der Waals surface area contributed by atoms with Crippen molar-refractivity contribution in [2.24, 2.45) is 23.7 Å². The zero-order chi connectivity index (χ0) is 16.3.